The largest absolute Gasteiger partial charge is 0.205 e. The Labute approximate surface area is 204 Å². The minimum atomic E-state index is -2.19. The summed E-state index contributed by atoms with van der Waals surface area (Å²) in [5, 5.41) is 8.36. The minimum Gasteiger partial charge on any atom is -0.205 e. The number of hydrogen-bond acceptors (Lipinski definition) is 6. The third-order valence-corrected chi connectivity index (χ3v) is 7.66. The van der Waals surface area contributed by atoms with Crippen LogP contribution in [0.3, 0.4) is 0 Å². The van der Waals surface area contributed by atoms with Crippen molar-refractivity contribution >= 4 is 44.2 Å². The lowest BCUT2D eigenvalue weighted by Gasteiger charge is -2.15. The molecule has 0 fully saturated rings. The van der Waals surface area contributed by atoms with Gasteiger partial charge in [0.25, 0.3) is 0 Å². The maximum absolute atomic E-state index is 15.7. The number of rotatable bonds is 4. The van der Waals surface area contributed by atoms with Crippen LogP contribution >= 0.6 is 22.7 Å². The average Bonchev–Trinajstić information content (AvgIpc) is 3.53. The van der Waals surface area contributed by atoms with Crippen LogP contribution in [0.15, 0.2) is 0 Å². The summed E-state index contributed by atoms with van der Waals surface area (Å²) in [7, 11) is 0. The van der Waals surface area contributed by atoms with E-state index < -0.39 is 89.2 Å². The van der Waals surface area contributed by atoms with Crippen LogP contribution < -0.4 is 0 Å². The van der Waals surface area contributed by atoms with Crippen molar-refractivity contribution in [3.8, 4) is 21.1 Å². The van der Waals surface area contributed by atoms with E-state index in [2.05, 4.69) is 20.4 Å². The molecule has 5 aromatic rings. The summed E-state index contributed by atoms with van der Waals surface area (Å²) >= 11 is 1.34. The van der Waals surface area contributed by atoms with Gasteiger partial charge in [0.2, 0.25) is 0 Å². The highest BCUT2D eigenvalue weighted by atomic mass is 32.1. The third kappa shape index (κ3) is 3.30. The van der Waals surface area contributed by atoms with Gasteiger partial charge in [-0.15, -0.1) is 20.4 Å². The van der Waals surface area contributed by atoms with Crippen LogP contribution in [-0.4, -0.2) is 20.4 Å². The highest BCUT2D eigenvalue weighted by molar-refractivity contribution is 7.15. The first-order valence-corrected chi connectivity index (χ1v) is 11.9. The second kappa shape index (κ2) is 8.69. The molecule has 0 radical (unpaired) electrons. The predicted octanol–water partition coefficient (Wildman–Crippen LogP) is 7.27. The lowest BCUT2D eigenvalue weighted by Crippen LogP contribution is -2.06. The molecule has 0 saturated heterocycles. The second-order valence-electron chi connectivity index (χ2n) is 7.47. The zero-order valence-electron chi connectivity index (χ0n) is 18.0. The van der Waals surface area contributed by atoms with Crippen molar-refractivity contribution in [3.63, 3.8) is 0 Å². The molecule has 186 valence electrons. The second-order valence-corrected chi connectivity index (χ2v) is 9.60. The van der Waals surface area contributed by atoms with E-state index >= 15 is 22.0 Å². The van der Waals surface area contributed by atoms with E-state index in [1.54, 1.807) is 13.8 Å². The van der Waals surface area contributed by atoms with Crippen molar-refractivity contribution in [2.45, 2.75) is 26.7 Å². The first-order valence-electron chi connectivity index (χ1n) is 10.2. The van der Waals surface area contributed by atoms with E-state index in [9.17, 15) is 13.2 Å². The highest BCUT2D eigenvalue weighted by Crippen LogP contribution is 2.45. The number of halogens is 8. The van der Waals surface area contributed by atoms with Crippen LogP contribution in [0.4, 0.5) is 35.1 Å². The van der Waals surface area contributed by atoms with Crippen LogP contribution in [0.2, 0.25) is 0 Å². The summed E-state index contributed by atoms with van der Waals surface area (Å²) in [5.41, 5.74) is -2.21. The lowest BCUT2D eigenvalue weighted by atomic mass is 9.94. The van der Waals surface area contributed by atoms with E-state index in [0.717, 1.165) is 0 Å². The standard InChI is InChI=1S/C22H10F8N4S2/c1-3-5-31-33-21(35-5)11-7-8(17(27)20(30)18(11)28)14(24)9-10(13(7)23)16(26)19(29)12(15(9)25)22-34-32-6(4-2)36-22/h3-4H2,1-2H3. The molecule has 0 aliphatic rings. The van der Waals surface area contributed by atoms with Gasteiger partial charge in [0.1, 0.15) is 27.5 Å². The van der Waals surface area contributed by atoms with Crippen molar-refractivity contribution in [1.29, 1.82) is 0 Å². The molecule has 2 heterocycles. The van der Waals surface area contributed by atoms with Gasteiger partial charge in [-0.25, -0.2) is 35.1 Å². The molecule has 3 aromatic carbocycles. The fraction of sp³-hybridized carbons (Fsp3) is 0.182. The Bertz CT molecular complexity index is 1710. The maximum Gasteiger partial charge on any atom is 0.195 e. The number of aromatic nitrogens is 4. The third-order valence-electron chi connectivity index (χ3n) is 5.49. The molecule has 14 heteroatoms. The fourth-order valence-corrected chi connectivity index (χ4v) is 5.43. The molecule has 0 spiro atoms. The molecule has 0 bridgehead atoms. The molecule has 36 heavy (non-hydrogen) atoms. The van der Waals surface area contributed by atoms with Crippen molar-refractivity contribution in [2.24, 2.45) is 0 Å². The Morgan fingerprint density at radius 1 is 0.444 bits per heavy atom. The maximum atomic E-state index is 15.7. The van der Waals surface area contributed by atoms with Crippen LogP contribution in [0.25, 0.3) is 42.7 Å². The SMILES string of the molecule is CCc1nnc(-c2c(F)c(F)c3c(F)c4c(-c5nnc(CC)s5)c(F)c(F)c(F)c4c(F)c3c2F)s1. The molecule has 0 unspecified atom stereocenters. The van der Waals surface area contributed by atoms with Gasteiger partial charge in [-0.1, -0.05) is 36.5 Å². The summed E-state index contributed by atoms with van der Waals surface area (Å²) < 4.78 is 121. The molecule has 5 rings (SSSR count). The topological polar surface area (TPSA) is 51.6 Å². The number of nitrogens with zero attached hydrogens (tertiary/aromatic N) is 4. The van der Waals surface area contributed by atoms with E-state index in [0.29, 0.717) is 45.5 Å². The zero-order valence-corrected chi connectivity index (χ0v) is 19.7. The molecule has 0 aliphatic carbocycles. The van der Waals surface area contributed by atoms with Crippen LogP contribution in [0, 0.1) is 46.5 Å². The Morgan fingerprint density at radius 3 is 1.39 bits per heavy atom. The van der Waals surface area contributed by atoms with E-state index in [1.807, 2.05) is 0 Å². The summed E-state index contributed by atoms with van der Waals surface area (Å²) in [5.74, 6) is -15.9. The van der Waals surface area contributed by atoms with Crippen LogP contribution in [0.1, 0.15) is 23.9 Å². The summed E-state index contributed by atoms with van der Waals surface area (Å²) in [6, 6.07) is 0. The quantitative estimate of drug-likeness (QED) is 0.103. The van der Waals surface area contributed by atoms with Gasteiger partial charge in [0.15, 0.2) is 39.1 Å². The van der Waals surface area contributed by atoms with E-state index in [1.165, 1.54) is 0 Å². The van der Waals surface area contributed by atoms with E-state index in [4.69, 9.17) is 0 Å². The van der Waals surface area contributed by atoms with Gasteiger partial charge >= 0.3 is 0 Å². The Balaban J connectivity index is 2.00. The number of hydrogen-bond donors (Lipinski definition) is 0. The first kappa shape index (κ1) is 24.4. The molecular formula is C22H10F8N4S2. The van der Waals surface area contributed by atoms with Crippen LogP contribution in [-0.2, 0) is 12.8 Å². The Kier molecular flexibility index (Phi) is 5.90. The molecule has 2 aromatic heterocycles. The van der Waals surface area contributed by atoms with Gasteiger partial charge in [-0.2, -0.15) is 0 Å². The number of aryl methyl sites for hydroxylation is 2. The van der Waals surface area contributed by atoms with E-state index in [-0.39, 0.29) is 0 Å². The van der Waals surface area contributed by atoms with Gasteiger partial charge in [-0.3, -0.25) is 0 Å². The molecule has 0 aliphatic heterocycles. The van der Waals surface area contributed by atoms with Crippen LogP contribution in [0.5, 0.6) is 0 Å². The highest BCUT2D eigenvalue weighted by Gasteiger charge is 2.34. The lowest BCUT2D eigenvalue weighted by molar-refractivity contribution is 0.452. The Hall–Kier alpha value is -3.26. The molecule has 0 N–H and O–H groups in total. The molecule has 0 saturated carbocycles. The average molecular weight is 546 g/mol. The number of fused-ring (bicyclic) bond motifs is 2. The van der Waals surface area contributed by atoms with Crippen molar-refractivity contribution in [1.82, 2.24) is 20.4 Å². The molecule has 4 nitrogen and oxygen atoms in total. The number of benzene rings is 3. The summed E-state index contributed by atoms with van der Waals surface area (Å²) in [4.78, 5) is 0. The van der Waals surface area contributed by atoms with Crippen molar-refractivity contribution in [3.05, 3.63) is 56.6 Å². The summed E-state index contributed by atoms with van der Waals surface area (Å²) in [6.07, 6.45) is 0.606. The van der Waals surface area contributed by atoms with Gasteiger partial charge in [0.05, 0.1) is 27.3 Å². The van der Waals surface area contributed by atoms with Crippen molar-refractivity contribution < 1.29 is 35.1 Å². The van der Waals surface area contributed by atoms with Gasteiger partial charge in [0, 0.05) is 5.39 Å². The first-order chi connectivity index (χ1) is 17.1. The summed E-state index contributed by atoms with van der Waals surface area (Å²) in [6.45, 7) is 3.31. The Morgan fingerprint density at radius 2 is 0.861 bits per heavy atom. The fourth-order valence-electron chi connectivity index (χ4n) is 3.79. The van der Waals surface area contributed by atoms with Gasteiger partial charge < -0.3 is 0 Å². The minimum absolute atomic E-state index is 0.292. The monoisotopic (exact) mass is 546 g/mol. The van der Waals surface area contributed by atoms with Crippen molar-refractivity contribution in [2.75, 3.05) is 0 Å². The van der Waals surface area contributed by atoms with Gasteiger partial charge in [-0.05, 0) is 12.8 Å². The molecule has 0 amide bonds. The zero-order chi connectivity index (χ0) is 26.0. The smallest absolute Gasteiger partial charge is 0.195 e. The molecular weight excluding hydrogens is 536 g/mol. The normalized spacial score (nSPS) is 11.8. The predicted molar refractivity (Wildman–Crippen MR) is 118 cm³/mol. The molecule has 0 atom stereocenters.